The molecule has 3 aromatic rings. The average Bonchev–Trinajstić information content (AvgIpc) is 3.16. The van der Waals surface area contributed by atoms with Gasteiger partial charge in [-0.1, -0.05) is 19.9 Å². The first-order valence-corrected chi connectivity index (χ1v) is 11.2. The molecule has 0 spiro atoms. The highest BCUT2D eigenvalue weighted by Gasteiger charge is 2.55. The van der Waals surface area contributed by atoms with Crippen molar-refractivity contribution in [3.8, 4) is 11.5 Å². The molecule has 6 nitrogen and oxygen atoms in total. The number of hydrogen-bond acceptors (Lipinski definition) is 5. The first kappa shape index (κ1) is 20.9. The van der Waals surface area contributed by atoms with Crippen LogP contribution >= 0.6 is 0 Å². The summed E-state index contributed by atoms with van der Waals surface area (Å²) in [6.45, 7) is 0. The summed E-state index contributed by atoms with van der Waals surface area (Å²) < 4.78 is 45.2. The molecule has 0 amide bonds. The molecule has 0 aliphatic heterocycles. The number of methoxy groups -OCH3 is 2. The van der Waals surface area contributed by atoms with Gasteiger partial charge in [0.15, 0.2) is 11.5 Å². The van der Waals surface area contributed by atoms with Gasteiger partial charge in [0.25, 0.3) is 10.1 Å². The zero-order valence-corrected chi connectivity index (χ0v) is 17.3. The highest BCUT2D eigenvalue weighted by atomic mass is 32.2. The van der Waals surface area contributed by atoms with E-state index < -0.39 is 14.9 Å². The van der Waals surface area contributed by atoms with Crippen molar-refractivity contribution >= 4 is 31.8 Å². The fraction of sp³-hybridized carbons (Fsp3) is 0.435. The number of aromatic nitrogens is 1. The van der Waals surface area contributed by atoms with Gasteiger partial charge in [0.2, 0.25) is 0 Å². The molecule has 0 radical (unpaired) electrons. The molecule has 5 rings (SSSR count). The topological polar surface area (TPSA) is 85.7 Å². The fourth-order valence-corrected chi connectivity index (χ4v) is 6.91. The minimum Gasteiger partial charge on any atom is -0.493 e. The molecule has 2 aliphatic carbocycles. The van der Waals surface area contributed by atoms with Crippen LogP contribution in [0.4, 0.5) is 0 Å². The molecule has 1 fully saturated rings. The Hall–Kier alpha value is -2.38. The average molecular weight is 430 g/mol. The van der Waals surface area contributed by atoms with Crippen LogP contribution in [0.2, 0.25) is 0 Å². The lowest BCUT2D eigenvalue weighted by Gasteiger charge is -2.38. The van der Waals surface area contributed by atoms with E-state index in [2.05, 4.69) is 4.98 Å². The lowest BCUT2D eigenvalue weighted by molar-refractivity contribution is 0.340. The molecule has 30 heavy (non-hydrogen) atoms. The third-order valence-corrected chi connectivity index (χ3v) is 8.64. The van der Waals surface area contributed by atoms with Crippen molar-refractivity contribution in [3.05, 3.63) is 41.6 Å². The van der Waals surface area contributed by atoms with Crippen LogP contribution in [0.1, 0.15) is 37.8 Å². The second-order valence-corrected chi connectivity index (χ2v) is 9.88. The summed E-state index contributed by atoms with van der Waals surface area (Å²) >= 11 is 0. The van der Waals surface area contributed by atoms with E-state index in [4.69, 9.17) is 9.47 Å². The van der Waals surface area contributed by atoms with Gasteiger partial charge in [0.1, 0.15) is 4.75 Å². The normalized spacial score (nSPS) is 23.0. The Bertz CT molecular complexity index is 1250. The van der Waals surface area contributed by atoms with Crippen LogP contribution in [0.15, 0.2) is 30.5 Å². The van der Waals surface area contributed by atoms with Crippen LogP contribution in [-0.4, -0.2) is 36.9 Å². The van der Waals surface area contributed by atoms with Crippen molar-refractivity contribution in [2.75, 3.05) is 14.2 Å². The Morgan fingerprint density at radius 2 is 1.80 bits per heavy atom. The minimum absolute atomic E-state index is 0. The zero-order valence-electron chi connectivity index (χ0n) is 16.4. The number of hydrogen-bond donors (Lipinski definition) is 1. The van der Waals surface area contributed by atoms with Gasteiger partial charge >= 0.3 is 0 Å². The molecule has 0 saturated heterocycles. The summed E-state index contributed by atoms with van der Waals surface area (Å²) in [4.78, 5) is 4.66. The van der Waals surface area contributed by atoms with E-state index >= 15 is 0 Å². The molecular formula is C23H27NO5S. The van der Waals surface area contributed by atoms with Gasteiger partial charge in [-0.15, -0.1) is 0 Å². The second-order valence-electron chi connectivity index (χ2n) is 8.12. The highest BCUT2D eigenvalue weighted by molar-refractivity contribution is 7.87. The monoisotopic (exact) mass is 429 g/mol. The Balaban J connectivity index is 0.00000218. The minimum atomic E-state index is -4.19. The van der Waals surface area contributed by atoms with Gasteiger partial charge in [0.05, 0.1) is 19.7 Å². The van der Waals surface area contributed by atoms with Gasteiger partial charge in [-0.25, -0.2) is 0 Å². The highest BCUT2D eigenvalue weighted by Crippen LogP contribution is 2.52. The SMILES string of the molecule is C.COc1cc2c3c(c4ncccc4c2cc1OC)CC1CCCC1(S(=O)(=O)O)C3. The Kier molecular flexibility index (Phi) is 4.94. The van der Waals surface area contributed by atoms with Crippen LogP contribution in [0.3, 0.4) is 0 Å². The van der Waals surface area contributed by atoms with Crippen LogP contribution in [-0.2, 0) is 23.0 Å². The summed E-state index contributed by atoms with van der Waals surface area (Å²) in [5.41, 5.74) is 2.94. The maximum absolute atomic E-state index is 12.5. The molecule has 1 aromatic heterocycles. The molecule has 1 heterocycles. The molecule has 160 valence electrons. The molecular weight excluding hydrogens is 402 g/mol. The predicted octanol–water partition coefficient (Wildman–Crippen LogP) is 4.57. The number of rotatable bonds is 3. The van der Waals surface area contributed by atoms with Gasteiger partial charge in [-0.05, 0) is 71.7 Å². The lowest BCUT2D eigenvalue weighted by Crippen LogP contribution is -2.47. The fourth-order valence-electron chi connectivity index (χ4n) is 5.55. The molecule has 7 heteroatoms. The number of fused-ring (bicyclic) bond motifs is 7. The third-order valence-electron chi connectivity index (χ3n) is 6.93. The van der Waals surface area contributed by atoms with Crippen LogP contribution < -0.4 is 9.47 Å². The zero-order chi connectivity index (χ0) is 20.4. The molecule has 2 atom stereocenters. The smallest absolute Gasteiger partial charge is 0.271 e. The molecule has 1 N–H and O–H groups in total. The van der Waals surface area contributed by atoms with Crippen molar-refractivity contribution in [1.82, 2.24) is 4.98 Å². The van der Waals surface area contributed by atoms with E-state index in [0.717, 1.165) is 45.6 Å². The molecule has 1 saturated carbocycles. The molecule has 2 aromatic carbocycles. The van der Waals surface area contributed by atoms with Crippen LogP contribution in [0, 0.1) is 5.92 Å². The maximum atomic E-state index is 12.5. The van der Waals surface area contributed by atoms with E-state index in [1.807, 2.05) is 24.3 Å². The number of pyridine rings is 1. The van der Waals surface area contributed by atoms with E-state index in [1.54, 1.807) is 20.4 Å². The van der Waals surface area contributed by atoms with Gasteiger partial charge in [-0.3, -0.25) is 9.54 Å². The summed E-state index contributed by atoms with van der Waals surface area (Å²) in [5, 5.41) is 2.90. The van der Waals surface area contributed by atoms with Crippen molar-refractivity contribution in [2.24, 2.45) is 5.92 Å². The van der Waals surface area contributed by atoms with Crippen LogP contribution in [0.25, 0.3) is 21.7 Å². The van der Waals surface area contributed by atoms with E-state index in [0.29, 0.717) is 30.8 Å². The van der Waals surface area contributed by atoms with Crippen molar-refractivity contribution in [3.63, 3.8) is 0 Å². The second kappa shape index (κ2) is 7.10. The summed E-state index contributed by atoms with van der Waals surface area (Å²) in [7, 11) is -1.01. The Labute approximate surface area is 177 Å². The summed E-state index contributed by atoms with van der Waals surface area (Å²) in [6, 6.07) is 7.80. The van der Waals surface area contributed by atoms with E-state index in [1.165, 1.54) is 0 Å². The maximum Gasteiger partial charge on any atom is 0.271 e. The van der Waals surface area contributed by atoms with Crippen molar-refractivity contribution < 1.29 is 22.4 Å². The predicted molar refractivity (Wildman–Crippen MR) is 118 cm³/mol. The lowest BCUT2D eigenvalue weighted by atomic mass is 9.74. The quantitative estimate of drug-likeness (QED) is 0.485. The number of ether oxygens (including phenoxy) is 2. The third kappa shape index (κ3) is 2.72. The number of benzene rings is 2. The standard InChI is InChI=1S/C22H23NO5S.CH4/c1-27-19-10-15-14-6-4-8-23-21(14)17-9-13-5-3-7-22(13,29(24,25)26)12-18(17)16(15)11-20(19)28-2;/h4,6,8,10-11,13H,3,5,7,9,12H2,1-2H3,(H,24,25,26);1H4. The molecule has 2 unspecified atom stereocenters. The van der Waals surface area contributed by atoms with E-state index in [9.17, 15) is 13.0 Å². The Morgan fingerprint density at radius 3 is 2.47 bits per heavy atom. The first-order chi connectivity index (χ1) is 13.9. The number of nitrogens with zero attached hydrogens (tertiary/aromatic N) is 1. The summed E-state index contributed by atoms with van der Waals surface area (Å²) in [5.74, 6) is 1.12. The Morgan fingerprint density at radius 1 is 1.10 bits per heavy atom. The van der Waals surface area contributed by atoms with Crippen molar-refractivity contribution in [1.29, 1.82) is 0 Å². The van der Waals surface area contributed by atoms with E-state index in [-0.39, 0.29) is 13.3 Å². The van der Waals surface area contributed by atoms with Crippen molar-refractivity contribution in [2.45, 2.75) is 44.3 Å². The van der Waals surface area contributed by atoms with Gasteiger partial charge in [-0.2, -0.15) is 8.42 Å². The first-order valence-electron chi connectivity index (χ1n) is 9.81. The molecule has 0 bridgehead atoms. The van der Waals surface area contributed by atoms with Crippen LogP contribution in [0.5, 0.6) is 11.5 Å². The summed E-state index contributed by atoms with van der Waals surface area (Å²) in [6.07, 6.45) is 4.77. The van der Waals surface area contributed by atoms with Gasteiger partial charge < -0.3 is 9.47 Å². The van der Waals surface area contributed by atoms with Gasteiger partial charge in [0, 0.05) is 11.6 Å². The largest absolute Gasteiger partial charge is 0.493 e. The molecule has 2 aliphatic rings.